The van der Waals surface area contributed by atoms with Crippen LogP contribution in [0.2, 0.25) is 5.02 Å². The van der Waals surface area contributed by atoms with Crippen molar-refractivity contribution in [1.29, 1.82) is 0 Å². The van der Waals surface area contributed by atoms with Gasteiger partial charge in [-0.25, -0.2) is 8.42 Å². The normalized spacial score (nSPS) is 26.9. The van der Waals surface area contributed by atoms with Crippen LogP contribution < -0.4 is 0 Å². The largest absolute Gasteiger partial charge is 0.342 e. The number of fused-ring (bicyclic) bond motifs is 1. The summed E-state index contributed by atoms with van der Waals surface area (Å²) in [5, 5.41) is 1.14. The maximum atomic E-state index is 12.4. The van der Waals surface area contributed by atoms with Crippen molar-refractivity contribution < 1.29 is 13.2 Å². The van der Waals surface area contributed by atoms with Gasteiger partial charge in [0.25, 0.3) is 5.91 Å². The first-order valence-electron chi connectivity index (χ1n) is 8.07. The quantitative estimate of drug-likeness (QED) is 0.763. The minimum Gasteiger partial charge on any atom is -0.342 e. The summed E-state index contributed by atoms with van der Waals surface area (Å²) >= 11 is 7.66. The Morgan fingerprint density at radius 1 is 1.32 bits per heavy atom. The smallest absolute Gasteiger partial charge is 0.253 e. The van der Waals surface area contributed by atoms with E-state index in [0.717, 1.165) is 5.56 Å². The summed E-state index contributed by atoms with van der Waals surface area (Å²) in [4.78, 5) is 18.6. The van der Waals surface area contributed by atoms with Crippen LogP contribution in [0.15, 0.2) is 29.3 Å². The summed E-state index contributed by atoms with van der Waals surface area (Å²) in [5.74, 6) is 0.0176. The Balaban J connectivity index is 1.94. The van der Waals surface area contributed by atoms with Crippen molar-refractivity contribution in [2.24, 2.45) is 10.4 Å². The van der Waals surface area contributed by atoms with Gasteiger partial charge >= 0.3 is 0 Å². The van der Waals surface area contributed by atoms with Gasteiger partial charge in [-0.2, -0.15) is 4.99 Å². The maximum Gasteiger partial charge on any atom is 0.253 e. The van der Waals surface area contributed by atoms with E-state index in [1.165, 1.54) is 11.8 Å². The Labute approximate surface area is 157 Å². The lowest BCUT2D eigenvalue weighted by molar-refractivity contribution is -0.124. The van der Waals surface area contributed by atoms with Gasteiger partial charge in [0.1, 0.15) is 0 Å². The van der Waals surface area contributed by atoms with Crippen LogP contribution in [0.25, 0.3) is 0 Å². The van der Waals surface area contributed by atoms with Crippen molar-refractivity contribution >= 4 is 44.3 Å². The summed E-state index contributed by atoms with van der Waals surface area (Å²) in [5.41, 5.74) is 0.318. The van der Waals surface area contributed by atoms with Gasteiger partial charge in [-0.15, -0.1) is 0 Å². The first kappa shape index (κ1) is 18.7. The number of rotatable bonds is 2. The molecule has 8 heteroatoms. The number of halogens is 1. The first-order valence-corrected chi connectivity index (χ1v) is 11.1. The molecule has 0 N–H and O–H groups in total. The Morgan fingerprint density at radius 2 is 2.00 bits per heavy atom. The van der Waals surface area contributed by atoms with Gasteiger partial charge in [-0.3, -0.25) is 4.79 Å². The zero-order valence-corrected chi connectivity index (χ0v) is 16.8. The fourth-order valence-electron chi connectivity index (χ4n) is 2.89. The molecule has 25 heavy (non-hydrogen) atoms. The van der Waals surface area contributed by atoms with Crippen LogP contribution in [-0.4, -0.2) is 47.2 Å². The van der Waals surface area contributed by atoms with E-state index >= 15 is 0 Å². The molecule has 1 aromatic carbocycles. The van der Waals surface area contributed by atoms with Crippen LogP contribution in [-0.2, 0) is 21.2 Å². The second kappa shape index (κ2) is 6.59. The van der Waals surface area contributed by atoms with Gasteiger partial charge in [-0.1, -0.05) is 62.3 Å². The van der Waals surface area contributed by atoms with Crippen LogP contribution in [0.1, 0.15) is 26.3 Å². The summed E-state index contributed by atoms with van der Waals surface area (Å²) < 4.78 is 24.0. The number of sulfone groups is 1. The standard InChI is InChI=1S/C17H21ClN2O3S2/c1-17(2,3)15(21)19-16-20(8-11-6-4-5-7-12(11)18)13-9-25(22,23)10-14(13)24-16/h4-7,13-14H,8-10H2,1-3H3/t13-,14+/m1/s1. The zero-order valence-electron chi connectivity index (χ0n) is 14.4. The van der Waals surface area contributed by atoms with Crippen molar-refractivity contribution in [3.8, 4) is 0 Å². The summed E-state index contributed by atoms with van der Waals surface area (Å²) in [7, 11) is -3.06. The van der Waals surface area contributed by atoms with Gasteiger partial charge < -0.3 is 4.90 Å². The van der Waals surface area contributed by atoms with E-state index in [9.17, 15) is 13.2 Å². The van der Waals surface area contributed by atoms with Crippen molar-refractivity contribution in [2.45, 2.75) is 38.6 Å². The molecule has 2 heterocycles. The number of carbonyl (C=O) groups is 1. The minimum absolute atomic E-state index is 0.0843. The van der Waals surface area contributed by atoms with Crippen LogP contribution >= 0.6 is 23.4 Å². The maximum absolute atomic E-state index is 12.4. The molecule has 0 aliphatic carbocycles. The predicted octanol–water partition coefficient (Wildman–Crippen LogP) is 2.98. The third-order valence-electron chi connectivity index (χ3n) is 4.31. The van der Waals surface area contributed by atoms with Crippen molar-refractivity contribution in [1.82, 2.24) is 4.90 Å². The molecule has 0 spiro atoms. The number of hydrogen-bond acceptors (Lipinski definition) is 4. The Morgan fingerprint density at radius 3 is 2.64 bits per heavy atom. The molecular formula is C17H21ClN2O3S2. The fraction of sp³-hybridized carbons (Fsp3) is 0.529. The molecule has 1 aromatic rings. The third-order valence-corrected chi connectivity index (χ3v) is 7.93. The molecule has 0 bridgehead atoms. The molecular weight excluding hydrogens is 380 g/mol. The lowest BCUT2D eigenvalue weighted by atomic mass is 9.96. The molecule has 0 saturated carbocycles. The molecule has 0 unspecified atom stereocenters. The highest BCUT2D eigenvalue weighted by Gasteiger charge is 2.49. The number of carbonyl (C=O) groups excluding carboxylic acids is 1. The lowest BCUT2D eigenvalue weighted by Crippen LogP contribution is -2.37. The number of thioether (sulfide) groups is 1. The number of amides is 1. The Kier molecular flexibility index (Phi) is 4.94. The van der Waals surface area contributed by atoms with Gasteiger partial charge in [0, 0.05) is 22.2 Å². The van der Waals surface area contributed by atoms with Gasteiger partial charge in [0.15, 0.2) is 15.0 Å². The minimum atomic E-state index is -3.06. The number of nitrogens with zero attached hydrogens (tertiary/aromatic N) is 2. The van der Waals surface area contributed by atoms with Gasteiger partial charge in [0.2, 0.25) is 0 Å². The number of benzene rings is 1. The Hall–Kier alpha value is -1.05. The second-order valence-corrected chi connectivity index (χ2v) is 11.2. The summed E-state index contributed by atoms with van der Waals surface area (Å²) in [6, 6.07) is 7.29. The highest BCUT2D eigenvalue weighted by Crippen LogP contribution is 2.39. The first-order chi connectivity index (χ1) is 11.6. The fourth-order valence-corrected chi connectivity index (χ4v) is 7.03. The van der Waals surface area contributed by atoms with Gasteiger partial charge in [-0.05, 0) is 11.6 Å². The Bertz CT molecular complexity index is 831. The monoisotopic (exact) mass is 400 g/mol. The summed E-state index contributed by atoms with van der Waals surface area (Å²) in [6.45, 7) is 5.91. The lowest BCUT2D eigenvalue weighted by Gasteiger charge is -2.25. The zero-order chi connectivity index (χ0) is 18.4. The van der Waals surface area contributed by atoms with E-state index in [1.807, 2.05) is 43.9 Å². The molecule has 2 aliphatic rings. The SMILES string of the molecule is CC(C)(C)C(=O)N=C1S[C@H]2CS(=O)(=O)C[C@H]2N1Cc1ccccc1Cl. The van der Waals surface area contributed by atoms with E-state index in [-0.39, 0.29) is 28.7 Å². The predicted molar refractivity (Wildman–Crippen MR) is 103 cm³/mol. The number of aliphatic imine (C=N–C) groups is 1. The average Bonchev–Trinajstić information content (AvgIpc) is 2.93. The van der Waals surface area contributed by atoms with E-state index in [2.05, 4.69) is 4.99 Å². The average molecular weight is 401 g/mol. The van der Waals surface area contributed by atoms with E-state index in [1.54, 1.807) is 6.07 Å². The molecule has 2 aliphatic heterocycles. The second-order valence-electron chi connectivity index (χ2n) is 7.47. The molecule has 2 fully saturated rings. The van der Waals surface area contributed by atoms with E-state index in [0.29, 0.717) is 16.7 Å². The number of hydrogen-bond donors (Lipinski definition) is 0. The van der Waals surface area contributed by atoms with Crippen LogP contribution in [0.3, 0.4) is 0 Å². The van der Waals surface area contributed by atoms with Crippen molar-refractivity contribution in [2.75, 3.05) is 11.5 Å². The van der Waals surface area contributed by atoms with Crippen LogP contribution in [0.5, 0.6) is 0 Å². The van der Waals surface area contributed by atoms with Crippen molar-refractivity contribution in [3.63, 3.8) is 0 Å². The molecule has 136 valence electrons. The highest BCUT2D eigenvalue weighted by atomic mass is 35.5. The van der Waals surface area contributed by atoms with Crippen LogP contribution in [0, 0.1) is 5.41 Å². The molecule has 5 nitrogen and oxygen atoms in total. The summed E-state index contributed by atoms with van der Waals surface area (Å²) in [6.07, 6.45) is 0. The van der Waals surface area contributed by atoms with Crippen LogP contribution in [0.4, 0.5) is 0 Å². The topological polar surface area (TPSA) is 66.8 Å². The molecule has 0 aromatic heterocycles. The van der Waals surface area contributed by atoms with E-state index in [4.69, 9.17) is 11.6 Å². The molecule has 0 radical (unpaired) electrons. The molecule has 2 saturated heterocycles. The molecule has 1 amide bonds. The van der Waals surface area contributed by atoms with E-state index < -0.39 is 15.3 Å². The highest BCUT2D eigenvalue weighted by molar-refractivity contribution is 8.15. The molecule has 3 rings (SSSR count). The third kappa shape index (κ3) is 4.04. The number of amidine groups is 1. The molecule has 2 atom stereocenters. The van der Waals surface area contributed by atoms with Gasteiger partial charge in [0.05, 0.1) is 17.5 Å². The van der Waals surface area contributed by atoms with Crippen molar-refractivity contribution in [3.05, 3.63) is 34.9 Å².